The van der Waals surface area contributed by atoms with Gasteiger partial charge in [0.2, 0.25) is 0 Å². The Morgan fingerprint density at radius 3 is 2.75 bits per heavy atom. The Morgan fingerprint density at radius 1 is 1.38 bits per heavy atom. The summed E-state index contributed by atoms with van der Waals surface area (Å²) in [6, 6.07) is 0. The third-order valence-electron chi connectivity index (χ3n) is 3.62. The number of allylic oxidation sites excluding steroid dienone is 1. The molecule has 0 N–H and O–H groups in total. The minimum absolute atomic E-state index is 0.149. The van der Waals surface area contributed by atoms with Crippen molar-refractivity contribution in [3.05, 3.63) is 11.8 Å². The van der Waals surface area contributed by atoms with Gasteiger partial charge in [0.15, 0.2) is 0 Å². The highest BCUT2D eigenvalue weighted by Crippen LogP contribution is 2.30. The summed E-state index contributed by atoms with van der Waals surface area (Å²) in [6.45, 7) is 2.93. The minimum Gasteiger partial charge on any atom is -0.501 e. The Balaban J connectivity index is 1.76. The van der Waals surface area contributed by atoms with Gasteiger partial charge in [-0.25, -0.2) is 0 Å². The third-order valence-corrected chi connectivity index (χ3v) is 5.30. The second-order valence-corrected chi connectivity index (χ2v) is 7.07. The molecule has 2 unspecified atom stereocenters. The van der Waals surface area contributed by atoms with E-state index < -0.39 is 10.8 Å². The van der Waals surface area contributed by atoms with Gasteiger partial charge in [-0.05, 0) is 37.7 Å². The molecule has 16 heavy (non-hydrogen) atoms. The maximum Gasteiger partial charge on any atom is 0.0935 e. The molecule has 1 aliphatic carbocycles. The number of rotatable bonds is 3. The summed E-state index contributed by atoms with van der Waals surface area (Å²) in [7, 11) is -0.601. The Hall–Kier alpha value is -0.310. The van der Waals surface area contributed by atoms with Crippen molar-refractivity contribution in [3.8, 4) is 0 Å². The normalized spacial score (nSPS) is 35.1. The lowest BCUT2D eigenvalue weighted by molar-refractivity contribution is 0.140. The third kappa shape index (κ3) is 3.34. The van der Waals surface area contributed by atoms with Crippen molar-refractivity contribution in [2.45, 2.75) is 45.4 Å². The molecule has 2 aliphatic rings. The van der Waals surface area contributed by atoms with E-state index in [1.54, 1.807) is 0 Å². The lowest BCUT2D eigenvalue weighted by Crippen LogP contribution is -2.22. The molecule has 3 heteroatoms. The predicted octanol–water partition coefficient (Wildman–Crippen LogP) is 3.01. The Morgan fingerprint density at radius 2 is 2.12 bits per heavy atom. The lowest BCUT2D eigenvalue weighted by Gasteiger charge is -2.22. The van der Waals surface area contributed by atoms with Gasteiger partial charge in [0.1, 0.15) is 0 Å². The first-order valence-electron chi connectivity index (χ1n) is 6.32. The minimum atomic E-state index is -0.601. The van der Waals surface area contributed by atoms with E-state index in [0.29, 0.717) is 0 Å². The van der Waals surface area contributed by atoms with Gasteiger partial charge in [-0.15, -0.1) is 0 Å². The van der Waals surface area contributed by atoms with Crippen LogP contribution in [0.4, 0.5) is 0 Å². The molecule has 2 nitrogen and oxygen atoms in total. The maximum absolute atomic E-state index is 11.4. The van der Waals surface area contributed by atoms with Crippen molar-refractivity contribution in [1.82, 2.24) is 0 Å². The van der Waals surface area contributed by atoms with Crippen LogP contribution < -0.4 is 0 Å². The van der Waals surface area contributed by atoms with Crippen molar-refractivity contribution in [2.24, 2.45) is 5.41 Å². The molecule has 1 heterocycles. The van der Waals surface area contributed by atoms with Gasteiger partial charge in [0, 0.05) is 27.7 Å². The fourth-order valence-corrected chi connectivity index (χ4v) is 4.36. The van der Waals surface area contributed by atoms with E-state index in [0.717, 1.165) is 24.5 Å². The molecule has 0 aromatic rings. The first-order chi connectivity index (χ1) is 7.68. The van der Waals surface area contributed by atoms with Crippen LogP contribution in [0.5, 0.6) is 0 Å². The molecule has 1 saturated heterocycles. The molecule has 1 aliphatic heterocycles. The van der Waals surface area contributed by atoms with E-state index in [-0.39, 0.29) is 5.41 Å². The predicted molar refractivity (Wildman–Crippen MR) is 67.7 cm³/mol. The molecular weight excluding hydrogens is 220 g/mol. The zero-order valence-electron chi connectivity index (χ0n) is 10.2. The van der Waals surface area contributed by atoms with E-state index in [4.69, 9.17) is 4.74 Å². The van der Waals surface area contributed by atoms with Gasteiger partial charge >= 0.3 is 0 Å². The SMILES string of the molecule is CC1(COC=C2CCCCC2)CCS(=O)C1. The van der Waals surface area contributed by atoms with Gasteiger partial charge in [-0.3, -0.25) is 4.21 Å². The van der Waals surface area contributed by atoms with Crippen LogP contribution in [0.25, 0.3) is 0 Å². The second-order valence-electron chi connectivity index (χ2n) is 5.50. The summed E-state index contributed by atoms with van der Waals surface area (Å²) in [4.78, 5) is 0. The van der Waals surface area contributed by atoms with Crippen LogP contribution in [0.3, 0.4) is 0 Å². The Kier molecular flexibility index (Phi) is 4.06. The van der Waals surface area contributed by atoms with Crippen molar-refractivity contribution >= 4 is 10.8 Å². The molecule has 1 saturated carbocycles. The molecule has 0 aromatic heterocycles. The molecule has 2 atom stereocenters. The summed E-state index contributed by atoms with van der Waals surface area (Å²) in [5.74, 6) is 1.67. The van der Waals surface area contributed by atoms with Crippen molar-refractivity contribution in [1.29, 1.82) is 0 Å². The molecule has 0 bridgehead atoms. The monoisotopic (exact) mass is 242 g/mol. The molecule has 2 rings (SSSR count). The smallest absolute Gasteiger partial charge is 0.0935 e. The topological polar surface area (TPSA) is 26.3 Å². The van der Waals surface area contributed by atoms with Gasteiger partial charge in [-0.2, -0.15) is 0 Å². The summed E-state index contributed by atoms with van der Waals surface area (Å²) in [6.07, 6.45) is 9.45. The van der Waals surface area contributed by atoms with Crippen LogP contribution in [-0.4, -0.2) is 22.3 Å². The highest BCUT2D eigenvalue weighted by molar-refractivity contribution is 7.85. The first-order valence-corrected chi connectivity index (χ1v) is 7.81. The number of ether oxygens (including phenoxy) is 1. The number of hydrogen-bond donors (Lipinski definition) is 0. The first kappa shape index (κ1) is 12.2. The van der Waals surface area contributed by atoms with E-state index in [2.05, 4.69) is 6.92 Å². The van der Waals surface area contributed by atoms with Gasteiger partial charge < -0.3 is 4.74 Å². The number of hydrogen-bond acceptors (Lipinski definition) is 2. The van der Waals surface area contributed by atoms with E-state index in [1.807, 2.05) is 6.26 Å². The van der Waals surface area contributed by atoms with E-state index >= 15 is 0 Å². The van der Waals surface area contributed by atoms with Crippen molar-refractivity contribution in [2.75, 3.05) is 18.1 Å². The highest BCUT2D eigenvalue weighted by Gasteiger charge is 2.33. The largest absolute Gasteiger partial charge is 0.501 e. The Bertz CT molecular complexity index is 290. The maximum atomic E-state index is 11.4. The molecule has 0 spiro atoms. The van der Waals surface area contributed by atoms with Crippen LogP contribution in [-0.2, 0) is 15.5 Å². The van der Waals surface area contributed by atoms with Crippen LogP contribution in [0.15, 0.2) is 11.8 Å². The summed E-state index contributed by atoms with van der Waals surface area (Å²) in [5, 5.41) is 0. The van der Waals surface area contributed by atoms with E-state index in [1.165, 1.54) is 37.7 Å². The van der Waals surface area contributed by atoms with Crippen LogP contribution >= 0.6 is 0 Å². The van der Waals surface area contributed by atoms with Crippen LogP contribution in [0, 0.1) is 5.41 Å². The van der Waals surface area contributed by atoms with Gasteiger partial charge in [-0.1, -0.05) is 13.3 Å². The average Bonchev–Trinajstić information content (AvgIpc) is 2.60. The van der Waals surface area contributed by atoms with Crippen molar-refractivity contribution in [3.63, 3.8) is 0 Å². The molecule has 0 radical (unpaired) electrons. The highest BCUT2D eigenvalue weighted by atomic mass is 32.2. The fourth-order valence-electron chi connectivity index (χ4n) is 2.49. The standard InChI is InChI=1S/C13H22O2S/c1-13(7-8-16(14)11-13)10-15-9-12-5-3-2-4-6-12/h9H,2-8,10-11H2,1H3. The molecular formula is C13H22O2S. The molecule has 0 aromatic carbocycles. The zero-order valence-corrected chi connectivity index (χ0v) is 11.0. The van der Waals surface area contributed by atoms with Gasteiger partial charge in [0.05, 0.1) is 12.9 Å². The summed E-state index contributed by atoms with van der Waals surface area (Å²) >= 11 is 0. The lowest BCUT2D eigenvalue weighted by atomic mass is 9.91. The summed E-state index contributed by atoms with van der Waals surface area (Å²) < 4.78 is 17.1. The van der Waals surface area contributed by atoms with E-state index in [9.17, 15) is 4.21 Å². The molecule has 92 valence electrons. The Labute approximate surface area is 101 Å². The van der Waals surface area contributed by atoms with Crippen molar-refractivity contribution < 1.29 is 8.95 Å². The summed E-state index contributed by atoms with van der Waals surface area (Å²) in [5.41, 5.74) is 1.62. The average molecular weight is 242 g/mol. The van der Waals surface area contributed by atoms with Gasteiger partial charge in [0.25, 0.3) is 0 Å². The van der Waals surface area contributed by atoms with Crippen LogP contribution in [0.2, 0.25) is 0 Å². The quantitative estimate of drug-likeness (QED) is 0.711. The molecule has 2 fully saturated rings. The second kappa shape index (κ2) is 5.35. The zero-order chi connectivity index (χ0) is 11.4. The molecule has 0 amide bonds. The van der Waals surface area contributed by atoms with Crippen LogP contribution in [0.1, 0.15) is 45.4 Å². The fraction of sp³-hybridized carbons (Fsp3) is 0.846.